The Labute approximate surface area is 697 Å². The first kappa shape index (κ1) is 96.4. The summed E-state index contributed by atoms with van der Waals surface area (Å²) < 4.78 is 0. The van der Waals surface area contributed by atoms with Gasteiger partial charge in [0.05, 0.1) is 0 Å². The van der Waals surface area contributed by atoms with Crippen LogP contribution in [0, 0.1) is 27.7 Å². The van der Waals surface area contributed by atoms with Crippen LogP contribution in [0.15, 0.2) is 0 Å². The van der Waals surface area contributed by atoms with Crippen molar-refractivity contribution in [2.45, 2.75) is 337 Å². The monoisotopic (exact) mass is 1580 g/mol. The van der Waals surface area contributed by atoms with E-state index in [9.17, 15) is 9.59 Å². The van der Waals surface area contributed by atoms with Crippen LogP contribution in [0.1, 0.15) is 339 Å². The number of hydrogen-bond donors (Lipinski definition) is 6. The second-order valence-corrected chi connectivity index (χ2v) is 36.1. The predicted molar refractivity (Wildman–Crippen MR) is 490 cm³/mol. The number of carbonyl (C=O) groups excluding carboxylic acids is 2. The van der Waals surface area contributed by atoms with Gasteiger partial charge in [-0.25, -0.2) is 0 Å². The topological polar surface area (TPSA) is 147 Å². The molecule has 0 aromatic carbocycles. The number of nitrogens with one attached hydrogen (secondary N) is 6. The lowest BCUT2D eigenvalue weighted by molar-refractivity contribution is -0.121. The van der Waals surface area contributed by atoms with E-state index >= 15 is 0 Å². The maximum atomic E-state index is 14.3. The zero-order valence-corrected chi connectivity index (χ0v) is 76.3. The molecule has 0 radical (unpaired) electrons. The summed E-state index contributed by atoms with van der Waals surface area (Å²) in [4.78, 5) is 65.4. The van der Waals surface area contributed by atoms with Crippen molar-refractivity contribution >= 4 is 36.1 Å². The molecule has 648 valence electrons. The largest absolute Gasteiger partial charge is 0.356 e. The first-order valence-corrected chi connectivity index (χ1v) is 47.8. The third kappa shape index (κ3) is 35.3. The number of amides is 2. The lowest BCUT2D eigenvalue weighted by atomic mass is 10.0. The Hall–Kier alpha value is -4.78. The first-order chi connectivity index (χ1) is 55.4. The third-order valence-electron chi connectivity index (χ3n) is 26.7. The molecule has 0 spiro atoms. The molecule has 16 nitrogen and oxygen atoms in total. The van der Waals surface area contributed by atoms with Gasteiger partial charge in [0.1, 0.15) is 0 Å². The van der Waals surface area contributed by atoms with Crippen molar-refractivity contribution in [2.24, 2.45) is 0 Å². The van der Waals surface area contributed by atoms with Crippen LogP contribution >= 0.6 is 0 Å². The number of rotatable bonds is 40. The standard InChI is InChI=1S/C98H174N14O2/c1-15-19-21-23-25-27-29-31-33-35-37-49-83-55-73-111(71-47-65-107(11)61-41-39-59-105(9)63-45-67-109(83)13)69-43-57-99-97(113)53-51-87-81(7)90-75-89-79(5)85(17-3)93(101-89)76-91-80(6)86(18-4)94(102-91)77-92-82(8)88(96(104-92)78-95(87)103-90)52-54-98(114)100-58-44-70-112-72-48-66-108(12)62-42-40-60-106(10)64-46-68-110(14)84(56-74-112)50-38-36-34-32-30-28-26-24-22-20-16-2/h75-78,83-84,101-104H,15-74H2,1-14H3,(H,99,113)(H,100,114). The number of fused-ring (bicyclic) bond motifs is 8. The summed E-state index contributed by atoms with van der Waals surface area (Å²) in [5.74, 6) is 0.209. The maximum Gasteiger partial charge on any atom is 0.220 e. The number of carbonyl (C=O) groups is 2. The molecule has 7 heterocycles. The number of nitrogens with zero attached hydrogens (tertiary/aromatic N) is 8. The lowest BCUT2D eigenvalue weighted by Crippen LogP contribution is -2.39. The van der Waals surface area contributed by atoms with Crippen LogP contribution in [-0.2, 0) is 35.3 Å². The van der Waals surface area contributed by atoms with Crippen molar-refractivity contribution in [2.75, 3.05) is 160 Å². The van der Waals surface area contributed by atoms with E-state index in [1.54, 1.807) is 0 Å². The molecule has 2 saturated heterocycles. The zero-order chi connectivity index (χ0) is 81.7. The molecule has 4 aromatic heterocycles. The van der Waals surface area contributed by atoms with Gasteiger partial charge in [0.15, 0.2) is 0 Å². The Morgan fingerprint density at radius 3 is 1.07 bits per heavy atom. The molecule has 16 heteroatoms. The Bertz CT molecular complexity index is 3540. The Kier molecular flexibility index (Phi) is 47.2. The minimum atomic E-state index is 0.104. The second kappa shape index (κ2) is 55.9. The van der Waals surface area contributed by atoms with Gasteiger partial charge >= 0.3 is 0 Å². The number of unbranched alkanes of at least 4 members (excludes halogenated alkanes) is 20. The molecule has 2 amide bonds. The van der Waals surface area contributed by atoms with E-state index in [1.165, 1.54) is 267 Å². The van der Waals surface area contributed by atoms with Crippen molar-refractivity contribution in [3.8, 4) is 0 Å². The molecule has 8 bridgehead atoms. The van der Waals surface area contributed by atoms with Crippen molar-refractivity contribution in [3.05, 3.63) is 88.7 Å². The number of hydrogen-bond acceptors (Lipinski definition) is 10. The summed E-state index contributed by atoms with van der Waals surface area (Å²) in [7, 11) is 14.1. The molecular formula is C98H174N14O2. The van der Waals surface area contributed by atoms with Crippen LogP contribution in [0.5, 0.6) is 0 Å². The van der Waals surface area contributed by atoms with Gasteiger partial charge in [-0.15, -0.1) is 0 Å². The number of aromatic nitrogens is 4. The Morgan fingerprint density at radius 1 is 0.333 bits per heavy atom. The van der Waals surface area contributed by atoms with E-state index in [4.69, 9.17) is 0 Å². The fourth-order valence-corrected chi connectivity index (χ4v) is 18.9. The molecule has 3 aliphatic heterocycles. The fourth-order valence-electron chi connectivity index (χ4n) is 18.9. The summed E-state index contributed by atoms with van der Waals surface area (Å²) in [6, 6.07) is 1.18. The zero-order valence-electron chi connectivity index (χ0n) is 76.3. The van der Waals surface area contributed by atoms with E-state index in [0.717, 1.165) is 171 Å². The van der Waals surface area contributed by atoms with Crippen LogP contribution in [0.25, 0.3) is 24.3 Å². The molecule has 6 N–H and O–H groups in total. The lowest BCUT2D eigenvalue weighted by Gasteiger charge is -2.32. The molecule has 2 fully saturated rings. The summed E-state index contributed by atoms with van der Waals surface area (Å²) >= 11 is 0. The van der Waals surface area contributed by atoms with Gasteiger partial charge in [0, 0.05) is 82.2 Å². The smallest absolute Gasteiger partial charge is 0.220 e. The normalized spacial score (nSPS) is 18.8. The molecule has 7 rings (SSSR count). The SMILES string of the molecule is CCCCCCCCCCCCCC1CCN(CCCNC(=O)CCc2c3[nH]c(c2C)C=c2[nH]c(c(C)c2CC)=Cc2[nH]c(c(C)c2CC)C=c2[nH]c(c(CCC(=O)NCCCN4CCCN(C)CCCCN(C)CCCN(C)C(CCCCCCCCCCCCC)CC4)c2C)=C3)CCCN(C)CCCCN(C)CCCN1C. The van der Waals surface area contributed by atoms with Crippen LogP contribution < -0.4 is 32.0 Å². The van der Waals surface area contributed by atoms with Crippen molar-refractivity contribution in [1.29, 1.82) is 0 Å². The van der Waals surface area contributed by atoms with Crippen LogP contribution in [0.2, 0.25) is 0 Å². The van der Waals surface area contributed by atoms with E-state index < -0.39 is 0 Å². The number of H-pyrrole nitrogens is 4. The van der Waals surface area contributed by atoms with Gasteiger partial charge in [-0.1, -0.05) is 169 Å². The van der Waals surface area contributed by atoms with Gasteiger partial charge in [0.25, 0.3) is 0 Å². The molecular weight excluding hydrogens is 1410 g/mol. The highest BCUT2D eigenvalue weighted by atomic mass is 16.2. The average molecular weight is 1580 g/mol. The molecule has 114 heavy (non-hydrogen) atoms. The summed E-state index contributed by atoms with van der Waals surface area (Å²) in [5.41, 5.74) is 14.1. The van der Waals surface area contributed by atoms with Gasteiger partial charge in [0.2, 0.25) is 11.8 Å². The van der Waals surface area contributed by atoms with Crippen LogP contribution in [0.3, 0.4) is 0 Å². The highest BCUT2D eigenvalue weighted by Gasteiger charge is 2.23. The van der Waals surface area contributed by atoms with E-state index in [2.05, 4.69) is 192 Å². The minimum Gasteiger partial charge on any atom is -0.356 e. The summed E-state index contributed by atoms with van der Waals surface area (Å²) in [6.45, 7) is 37.4. The summed E-state index contributed by atoms with van der Waals surface area (Å²) in [5, 5.41) is 11.1. The van der Waals surface area contributed by atoms with Gasteiger partial charge < -0.3 is 69.8 Å². The predicted octanol–water partition coefficient (Wildman–Crippen LogP) is 16.1. The average Bonchev–Trinajstić information content (AvgIpc) is 1.62. The van der Waals surface area contributed by atoms with Gasteiger partial charge in [-0.3, -0.25) is 9.59 Å². The molecule has 0 aliphatic carbocycles. The minimum absolute atomic E-state index is 0.104. The molecule has 2 atom stereocenters. The second-order valence-electron chi connectivity index (χ2n) is 36.1. The van der Waals surface area contributed by atoms with Crippen molar-refractivity contribution in [1.82, 2.24) is 69.8 Å². The van der Waals surface area contributed by atoms with E-state index in [0.29, 0.717) is 50.9 Å². The van der Waals surface area contributed by atoms with Crippen molar-refractivity contribution in [3.63, 3.8) is 0 Å². The fraction of sp³-hybridized carbons (Fsp3) is 0.776. The van der Waals surface area contributed by atoms with Crippen LogP contribution in [0.4, 0.5) is 0 Å². The Morgan fingerprint density at radius 2 is 0.658 bits per heavy atom. The Balaban J connectivity index is 1.04. The molecule has 0 saturated carbocycles. The first-order valence-electron chi connectivity index (χ1n) is 47.8. The van der Waals surface area contributed by atoms with E-state index in [1.807, 2.05) is 0 Å². The third-order valence-corrected chi connectivity index (χ3v) is 26.7. The van der Waals surface area contributed by atoms with Gasteiger partial charge in [-0.2, -0.15) is 0 Å². The number of aromatic amines is 4. The van der Waals surface area contributed by atoms with Gasteiger partial charge in [-0.05, 0) is 359 Å². The highest BCUT2D eigenvalue weighted by Crippen LogP contribution is 2.26. The van der Waals surface area contributed by atoms with E-state index in [-0.39, 0.29) is 11.8 Å². The maximum absolute atomic E-state index is 14.3. The molecule has 3 aliphatic rings. The summed E-state index contributed by atoms with van der Waals surface area (Å²) in [6.07, 6.45) is 60.1. The van der Waals surface area contributed by atoms with Crippen LogP contribution in [-0.4, -0.2) is 243 Å². The molecule has 4 aromatic rings. The van der Waals surface area contributed by atoms with Crippen molar-refractivity contribution < 1.29 is 9.59 Å². The highest BCUT2D eigenvalue weighted by molar-refractivity contribution is 5.77. The molecule has 2 unspecified atom stereocenters. The quantitative estimate of drug-likeness (QED) is 0.0210.